The number of sulfone groups is 1. The zero-order chi connectivity index (χ0) is 16.7. The van der Waals surface area contributed by atoms with Crippen molar-refractivity contribution in [3.05, 3.63) is 35.2 Å². The molecule has 2 aromatic heterocycles. The van der Waals surface area contributed by atoms with E-state index in [0.29, 0.717) is 6.54 Å². The molecule has 2 heterocycles. The van der Waals surface area contributed by atoms with E-state index in [-0.39, 0.29) is 5.75 Å². The van der Waals surface area contributed by atoms with Gasteiger partial charge >= 0.3 is 0 Å². The molecule has 0 aliphatic rings. The molecule has 0 amide bonds. The van der Waals surface area contributed by atoms with Gasteiger partial charge in [-0.1, -0.05) is 12.1 Å². The number of hydrogen-bond donors (Lipinski definition) is 0. The lowest BCUT2D eigenvalue weighted by molar-refractivity contribution is 0.555. The average molecular weight is 349 g/mol. The molecule has 0 unspecified atom stereocenters. The van der Waals surface area contributed by atoms with Crippen molar-refractivity contribution in [2.24, 2.45) is 0 Å². The van der Waals surface area contributed by atoms with Crippen molar-refractivity contribution >= 4 is 32.2 Å². The molecule has 3 rings (SSSR count). The summed E-state index contributed by atoms with van der Waals surface area (Å²) < 4.78 is 26.1. The molecule has 0 saturated heterocycles. The van der Waals surface area contributed by atoms with Gasteiger partial charge in [0.25, 0.3) is 0 Å². The second-order valence-corrected chi connectivity index (χ2v) is 9.96. The maximum absolute atomic E-state index is 12.4. The Kier molecular flexibility index (Phi) is 4.01. The van der Waals surface area contributed by atoms with Crippen LogP contribution in [-0.4, -0.2) is 33.5 Å². The van der Waals surface area contributed by atoms with Crippen LogP contribution in [0.25, 0.3) is 22.6 Å². The summed E-state index contributed by atoms with van der Waals surface area (Å²) in [5.41, 5.74) is 4.31. The first-order valence-electron chi connectivity index (χ1n) is 7.36. The van der Waals surface area contributed by atoms with E-state index in [2.05, 4.69) is 9.97 Å². The molecule has 0 bridgehead atoms. The lowest BCUT2D eigenvalue weighted by atomic mass is 10.3. The maximum atomic E-state index is 12.4. The number of aromatic nitrogens is 3. The minimum atomic E-state index is -3.19. The Hall–Kier alpha value is -1.73. The molecule has 0 aliphatic carbocycles. The molecule has 0 radical (unpaired) electrons. The molecule has 0 N–H and O–H groups in total. The van der Waals surface area contributed by atoms with Crippen LogP contribution in [0.5, 0.6) is 0 Å². The zero-order valence-electron chi connectivity index (χ0n) is 13.4. The van der Waals surface area contributed by atoms with E-state index < -0.39 is 14.6 Å². The fraction of sp³-hybridized carbons (Fsp3) is 0.375. The van der Waals surface area contributed by atoms with E-state index in [1.807, 2.05) is 34.2 Å². The van der Waals surface area contributed by atoms with Gasteiger partial charge in [-0.3, -0.25) is 0 Å². The van der Waals surface area contributed by atoms with Gasteiger partial charge in [0.1, 0.15) is 5.69 Å². The SMILES string of the molecule is CC(C)(C)S(=O)(=O)CCn1c(-c2cscn2)nc2ccccc21. The van der Waals surface area contributed by atoms with E-state index in [9.17, 15) is 8.42 Å². The number of rotatable bonds is 4. The summed E-state index contributed by atoms with van der Waals surface area (Å²) in [5, 5.41) is 1.93. The van der Waals surface area contributed by atoms with E-state index in [4.69, 9.17) is 0 Å². The van der Waals surface area contributed by atoms with Crippen LogP contribution in [0.3, 0.4) is 0 Å². The molecule has 0 aliphatic heterocycles. The van der Waals surface area contributed by atoms with Gasteiger partial charge in [-0.2, -0.15) is 0 Å². The molecule has 0 saturated carbocycles. The lowest BCUT2D eigenvalue weighted by Crippen LogP contribution is -2.32. The third-order valence-electron chi connectivity index (χ3n) is 3.83. The molecule has 1 aromatic carbocycles. The van der Waals surface area contributed by atoms with Crippen molar-refractivity contribution in [2.75, 3.05) is 5.75 Å². The van der Waals surface area contributed by atoms with Gasteiger partial charge in [0, 0.05) is 11.9 Å². The third kappa shape index (κ3) is 3.03. The van der Waals surface area contributed by atoms with Crippen molar-refractivity contribution < 1.29 is 8.42 Å². The number of hydrogen-bond acceptors (Lipinski definition) is 5. The minimum absolute atomic E-state index is 0.0774. The van der Waals surface area contributed by atoms with Gasteiger partial charge in [-0.05, 0) is 32.9 Å². The predicted molar refractivity (Wildman–Crippen MR) is 94.4 cm³/mol. The van der Waals surface area contributed by atoms with Crippen LogP contribution in [0.15, 0.2) is 35.2 Å². The highest BCUT2D eigenvalue weighted by atomic mass is 32.2. The van der Waals surface area contributed by atoms with Gasteiger partial charge < -0.3 is 4.57 Å². The minimum Gasteiger partial charge on any atom is -0.322 e. The number of nitrogens with zero attached hydrogens (tertiary/aromatic N) is 3. The van der Waals surface area contributed by atoms with Gasteiger partial charge in [0.15, 0.2) is 15.7 Å². The number of fused-ring (bicyclic) bond motifs is 1. The monoisotopic (exact) mass is 349 g/mol. The lowest BCUT2D eigenvalue weighted by Gasteiger charge is -2.19. The molecular weight excluding hydrogens is 330 g/mol. The van der Waals surface area contributed by atoms with Crippen LogP contribution >= 0.6 is 11.3 Å². The summed E-state index contributed by atoms with van der Waals surface area (Å²) in [6.45, 7) is 5.56. The molecule has 5 nitrogen and oxygen atoms in total. The molecule has 0 atom stereocenters. The fourth-order valence-electron chi connectivity index (χ4n) is 2.34. The van der Waals surface area contributed by atoms with Crippen LogP contribution < -0.4 is 0 Å². The van der Waals surface area contributed by atoms with Crippen molar-refractivity contribution in [1.82, 2.24) is 14.5 Å². The smallest absolute Gasteiger partial charge is 0.160 e. The van der Waals surface area contributed by atoms with Crippen molar-refractivity contribution in [1.29, 1.82) is 0 Å². The highest BCUT2D eigenvalue weighted by Gasteiger charge is 2.29. The molecule has 122 valence electrons. The normalized spacial score (nSPS) is 12.8. The number of aryl methyl sites for hydroxylation is 1. The van der Waals surface area contributed by atoms with Crippen molar-refractivity contribution in [2.45, 2.75) is 32.1 Å². The molecular formula is C16H19N3O2S2. The maximum Gasteiger partial charge on any atom is 0.160 e. The Morgan fingerprint density at radius 3 is 2.61 bits per heavy atom. The second-order valence-electron chi connectivity index (χ2n) is 6.38. The van der Waals surface area contributed by atoms with Crippen molar-refractivity contribution in [3.8, 4) is 11.5 Å². The van der Waals surface area contributed by atoms with E-state index in [1.54, 1.807) is 26.3 Å². The topological polar surface area (TPSA) is 64.8 Å². The summed E-state index contributed by atoms with van der Waals surface area (Å²) in [4.78, 5) is 8.95. The quantitative estimate of drug-likeness (QED) is 0.724. The van der Waals surface area contributed by atoms with Crippen LogP contribution in [0.1, 0.15) is 20.8 Å². The summed E-state index contributed by atoms with van der Waals surface area (Å²) in [5.74, 6) is 0.796. The molecule has 3 aromatic rings. The Morgan fingerprint density at radius 1 is 1.22 bits per heavy atom. The van der Waals surface area contributed by atoms with Gasteiger partial charge in [0.2, 0.25) is 0 Å². The Bertz CT molecular complexity index is 920. The number of benzene rings is 1. The van der Waals surface area contributed by atoms with Gasteiger partial charge in [0.05, 0.1) is 27.0 Å². The summed E-state index contributed by atoms with van der Waals surface area (Å²) >= 11 is 1.50. The summed E-state index contributed by atoms with van der Waals surface area (Å²) in [6.07, 6.45) is 0. The first-order valence-corrected chi connectivity index (χ1v) is 9.95. The second kappa shape index (κ2) is 5.72. The standard InChI is InChI=1S/C16H19N3O2S2/c1-16(2,3)23(20,21)9-8-19-14-7-5-4-6-12(14)18-15(19)13-10-22-11-17-13/h4-7,10-11H,8-9H2,1-3H3. The molecule has 0 fully saturated rings. The predicted octanol–water partition coefficient (Wildman–Crippen LogP) is 3.37. The first-order chi connectivity index (χ1) is 10.8. The Morgan fingerprint density at radius 2 is 1.96 bits per heavy atom. The zero-order valence-corrected chi connectivity index (χ0v) is 15.0. The highest BCUT2D eigenvalue weighted by molar-refractivity contribution is 7.92. The van der Waals surface area contributed by atoms with Gasteiger partial charge in [-0.15, -0.1) is 11.3 Å². The van der Waals surface area contributed by atoms with Crippen LogP contribution in [-0.2, 0) is 16.4 Å². The fourth-order valence-corrected chi connectivity index (χ4v) is 3.90. The van der Waals surface area contributed by atoms with E-state index in [1.165, 1.54) is 11.3 Å². The molecule has 23 heavy (non-hydrogen) atoms. The first kappa shape index (κ1) is 16.1. The largest absolute Gasteiger partial charge is 0.322 e. The number of imidazole rings is 1. The molecule has 7 heteroatoms. The Labute approximate surface area is 139 Å². The van der Waals surface area contributed by atoms with Crippen LogP contribution in [0, 0.1) is 0 Å². The third-order valence-corrected chi connectivity index (χ3v) is 7.01. The highest BCUT2D eigenvalue weighted by Crippen LogP contribution is 2.25. The number of thiazole rings is 1. The van der Waals surface area contributed by atoms with E-state index >= 15 is 0 Å². The number of para-hydroxylation sites is 2. The van der Waals surface area contributed by atoms with Crippen LogP contribution in [0.4, 0.5) is 0 Å². The van der Waals surface area contributed by atoms with Gasteiger partial charge in [-0.25, -0.2) is 18.4 Å². The Balaban J connectivity index is 2.04. The van der Waals surface area contributed by atoms with E-state index in [0.717, 1.165) is 22.6 Å². The summed E-state index contributed by atoms with van der Waals surface area (Å²) in [6, 6.07) is 7.75. The average Bonchev–Trinajstić information content (AvgIpc) is 3.11. The molecule has 0 spiro atoms. The van der Waals surface area contributed by atoms with Crippen LogP contribution in [0.2, 0.25) is 0 Å². The summed E-state index contributed by atoms with van der Waals surface area (Å²) in [7, 11) is -3.19. The van der Waals surface area contributed by atoms with Crippen molar-refractivity contribution in [3.63, 3.8) is 0 Å².